The third kappa shape index (κ3) is 5.26. The Morgan fingerprint density at radius 3 is 2.47 bits per heavy atom. The minimum atomic E-state index is -0.117. The molecule has 0 saturated carbocycles. The second-order valence-corrected chi connectivity index (χ2v) is 8.06. The zero-order chi connectivity index (χ0) is 13.7. The molecule has 0 radical (unpaired) electrons. The Bertz CT molecular complexity index is 374. The molecule has 1 fully saturated rings. The van der Waals surface area contributed by atoms with E-state index in [2.05, 4.69) is 30.9 Å². The maximum atomic E-state index is 5.90. The fourth-order valence-corrected chi connectivity index (χ4v) is 4.36. The van der Waals surface area contributed by atoms with E-state index in [4.69, 9.17) is 16.3 Å². The Morgan fingerprint density at radius 2 is 1.84 bits per heavy atom. The van der Waals surface area contributed by atoms with E-state index < -0.39 is 0 Å². The highest BCUT2D eigenvalue weighted by Crippen LogP contribution is 2.11. The number of benzene rings is 1. The van der Waals surface area contributed by atoms with Crippen LogP contribution in [0.5, 0.6) is 0 Å². The minimum Gasteiger partial charge on any atom is -0.373 e. The average molecular weight is 298 g/mol. The largest absolute Gasteiger partial charge is 0.373 e. The molecule has 2 atom stereocenters. The number of hydrogen-bond donors (Lipinski definition) is 0. The molecule has 4 heteroatoms. The maximum absolute atomic E-state index is 5.90. The molecule has 1 aliphatic heterocycles. The highest BCUT2D eigenvalue weighted by molar-refractivity contribution is 6.53. The van der Waals surface area contributed by atoms with E-state index in [0.29, 0.717) is 12.2 Å². The van der Waals surface area contributed by atoms with Gasteiger partial charge in [0.1, 0.15) is 0 Å². The van der Waals surface area contributed by atoms with Crippen LogP contribution in [-0.2, 0) is 4.74 Å². The zero-order valence-electron chi connectivity index (χ0n) is 11.9. The lowest BCUT2D eigenvalue weighted by Crippen LogP contribution is -2.45. The van der Waals surface area contributed by atoms with E-state index in [1.165, 1.54) is 24.2 Å². The molecule has 0 spiro atoms. The van der Waals surface area contributed by atoms with Crippen molar-refractivity contribution in [2.24, 2.45) is 0 Å². The van der Waals surface area contributed by atoms with Crippen molar-refractivity contribution in [2.45, 2.75) is 38.5 Å². The van der Waals surface area contributed by atoms with Crippen LogP contribution in [0.3, 0.4) is 0 Å². The number of morpholine rings is 1. The van der Waals surface area contributed by atoms with E-state index >= 15 is 0 Å². The minimum absolute atomic E-state index is 0.117. The zero-order valence-corrected chi connectivity index (χ0v) is 14.1. The molecule has 0 N–H and O–H groups in total. The number of ether oxygens (including phenoxy) is 1. The molecule has 2 unspecified atom stereocenters. The molecule has 106 valence electrons. The van der Waals surface area contributed by atoms with Gasteiger partial charge >= 0.3 is 0 Å². The van der Waals surface area contributed by atoms with Crippen LogP contribution < -0.4 is 5.19 Å². The SMILES string of the molecule is CC1CN(CCC[SiH2]c2ccc(Cl)cc2)CC(C)O1. The summed E-state index contributed by atoms with van der Waals surface area (Å²) in [4.78, 5) is 2.55. The molecule has 0 aromatic heterocycles. The quantitative estimate of drug-likeness (QED) is 0.609. The molecule has 0 amide bonds. The Hall–Kier alpha value is -0.353. The summed E-state index contributed by atoms with van der Waals surface area (Å²) in [5, 5.41) is 2.36. The summed E-state index contributed by atoms with van der Waals surface area (Å²) >= 11 is 5.90. The second kappa shape index (κ2) is 7.43. The van der Waals surface area contributed by atoms with Gasteiger partial charge in [0, 0.05) is 18.1 Å². The summed E-state index contributed by atoms with van der Waals surface area (Å²) in [6, 6.07) is 9.77. The third-order valence-corrected chi connectivity index (χ3v) is 5.75. The van der Waals surface area contributed by atoms with E-state index in [9.17, 15) is 0 Å². The predicted octanol–water partition coefficient (Wildman–Crippen LogP) is 2.05. The topological polar surface area (TPSA) is 12.5 Å². The average Bonchev–Trinajstić information content (AvgIpc) is 2.36. The fraction of sp³-hybridized carbons (Fsp3) is 0.600. The molecule has 2 nitrogen and oxygen atoms in total. The van der Waals surface area contributed by atoms with Crippen molar-refractivity contribution in [1.29, 1.82) is 0 Å². The van der Waals surface area contributed by atoms with Crippen molar-refractivity contribution >= 4 is 26.3 Å². The number of hydrogen-bond acceptors (Lipinski definition) is 2. The monoisotopic (exact) mass is 297 g/mol. The van der Waals surface area contributed by atoms with Crippen LogP contribution in [-0.4, -0.2) is 46.3 Å². The summed E-state index contributed by atoms with van der Waals surface area (Å²) in [7, 11) is -0.117. The van der Waals surface area contributed by atoms with E-state index in [-0.39, 0.29) is 9.52 Å². The molecule has 19 heavy (non-hydrogen) atoms. The number of rotatable bonds is 5. The van der Waals surface area contributed by atoms with Gasteiger partial charge in [0.05, 0.1) is 21.7 Å². The lowest BCUT2D eigenvalue weighted by atomic mass is 10.2. The van der Waals surface area contributed by atoms with Gasteiger partial charge in [0.15, 0.2) is 0 Å². The maximum Gasteiger partial charge on any atom is 0.0678 e. The first-order chi connectivity index (χ1) is 9.13. The number of nitrogens with zero attached hydrogens (tertiary/aromatic N) is 1. The van der Waals surface area contributed by atoms with Crippen molar-refractivity contribution in [1.82, 2.24) is 4.90 Å². The van der Waals surface area contributed by atoms with E-state index in [0.717, 1.165) is 18.1 Å². The Labute approximate surface area is 123 Å². The summed E-state index contributed by atoms with van der Waals surface area (Å²) < 4.78 is 5.76. The molecule has 2 rings (SSSR count). The highest BCUT2D eigenvalue weighted by atomic mass is 35.5. The van der Waals surface area contributed by atoms with Crippen molar-refractivity contribution in [2.75, 3.05) is 19.6 Å². The van der Waals surface area contributed by atoms with Gasteiger partial charge in [-0.15, -0.1) is 0 Å². The lowest BCUT2D eigenvalue weighted by molar-refractivity contribution is -0.0677. The summed E-state index contributed by atoms with van der Waals surface area (Å²) in [5.74, 6) is 0. The molecule has 1 heterocycles. The summed E-state index contributed by atoms with van der Waals surface area (Å²) in [6.07, 6.45) is 2.09. The normalized spacial score (nSPS) is 25.2. The Kier molecular flexibility index (Phi) is 5.89. The van der Waals surface area contributed by atoms with Crippen LogP contribution in [0.2, 0.25) is 11.1 Å². The van der Waals surface area contributed by atoms with Gasteiger partial charge in [-0.2, -0.15) is 0 Å². The van der Waals surface area contributed by atoms with Crippen molar-refractivity contribution in [3.63, 3.8) is 0 Å². The van der Waals surface area contributed by atoms with Crippen LogP contribution >= 0.6 is 11.6 Å². The summed E-state index contributed by atoms with van der Waals surface area (Å²) in [6.45, 7) is 7.74. The highest BCUT2D eigenvalue weighted by Gasteiger charge is 2.21. The smallest absolute Gasteiger partial charge is 0.0678 e. The molecule has 0 aliphatic carbocycles. The van der Waals surface area contributed by atoms with Crippen molar-refractivity contribution in [3.05, 3.63) is 29.3 Å². The van der Waals surface area contributed by atoms with Gasteiger partial charge in [-0.25, -0.2) is 0 Å². The molecule has 0 bridgehead atoms. The summed E-state index contributed by atoms with van der Waals surface area (Å²) in [5.41, 5.74) is 0. The first kappa shape index (κ1) is 15.0. The fourth-order valence-electron chi connectivity index (χ4n) is 2.78. The predicted molar refractivity (Wildman–Crippen MR) is 85.5 cm³/mol. The molecule has 1 aromatic carbocycles. The second-order valence-electron chi connectivity index (χ2n) is 5.60. The molecular formula is C15H24ClNOSi. The van der Waals surface area contributed by atoms with E-state index in [1.54, 1.807) is 0 Å². The standard InChI is InChI=1S/C15H24ClNOSi/c1-12-10-17(11-13(2)18-12)8-3-9-19-15-6-4-14(16)5-7-15/h4-7,12-13H,3,8-11,19H2,1-2H3. The first-order valence-electron chi connectivity index (χ1n) is 7.26. The molecule has 1 aromatic rings. The Balaban J connectivity index is 1.65. The molecule has 1 saturated heterocycles. The van der Waals surface area contributed by atoms with Crippen molar-refractivity contribution < 1.29 is 4.74 Å². The van der Waals surface area contributed by atoms with Crippen LogP contribution in [0.15, 0.2) is 24.3 Å². The van der Waals surface area contributed by atoms with Gasteiger partial charge < -0.3 is 4.74 Å². The van der Waals surface area contributed by atoms with Gasteiger partial charge in [0.25, 0.3) is 0 Å². The van der Waals surface area contributed by atoms with Gasteiger partial charge in [-0.3, -0.25) is 4.90 Å². The molecular weight excluding hydrogens is 274 g/mol. The van der Waals surface area contributed by atoms with Crippen molar-refractivity contribution in [3.8, 4) is 0 Å². The first-order valence-corrected chi connectivity index (χ1v) is 9.34. The van der Waals surface area contributed by atoms with Crippen LogP contribution in [0.4, 0.5) is 0 Å². The van der Waals surface area contributed by atoms with Crippen LogP contribution in [0.1, 0.15) is 20.3 Å². The molecule has 1 aliphatic rings. The Morgan fingerprint density at radius 1 is 1.21 bits per heavy atom. The van der Waals surface area contributed by atoms with Crippen LogP contribution in [0, 0.1) is 0 Å². The van der Waals surface area contributed by atoms with Crippen LogP contribution in [0.25, 0.3) is 0 Å². The van der Waals surface area contributed by atoms with Gasteiger partial charge in [-0.05, 0) is 38.9 Å². The van der Waals surface area contributed by atoms with E-state index in [1.807, 2.05) is 12.1 Å². The van der Waals surface area contributed by atoms with Gasteiger partial charge in [0.2, 0.25) is 0 Å². The number of halogens is 1. The van der Waals surface area contributed by atoms with Gasteiger partial charge in [-0.1, -0.05) is 35.0 Å². The lowest BCUT2D eigenvalue weighted by Gasteiger charge is -2.35. The third-order valence-electron chi connectivity index (χ3n) is 3.60.